The lowest BCUT2D eigenvalue weighted by Crippen LogP contribution is -2.53. The highest BCUT2D eigenvalue weighted by Crippen LogP contribution is 2.56. The zero-order valence-electron chi connectivity index (χ0n) is 14.9. The van der Waals surface area contributed by atoms with Gasteiger partial charge in [-0.1, -0.05) is 13.8 Å². The average Bonchev–Trinajstić information content (AvgIpc) is 3.17. The number of nitrogens with two attached hydrogens (primary N) is 1. The van der Waals surface area contributed by atoms with E-state index in [-0.39, 0.29) is 29.0 Å². The summed E-state index contributed by atoms with van der Waals surface area (Å²) >= 11 is 0. The lowest BCUT2D eigenvalue weighted by molar-refractivity contribution is -0.127. The Hall–Kier alpha value is -1.18. The molecule has 2 bridgehead atoms. The summed E-state index contributed by atoms with van der Waals surface area (Å²) in [4.78, 5) is 11.8. The second-order valence-electron chi connectivity index (χ2n) is 8.22. The fourth-order valence-corrected chi connectivity index (χ4v) is 4.47. The Balaban J connectivity index is 1.63. The van der Waals surface area contributed by atoms with Gasteiger partial charge in [0.15, 0.2) is 6.23 Å². The number of rotatable bonds is 7. The number of carbonyl (C=O) groups is 1. The number of nitrogens with one attached hydrogen (secondary N) is 1. The molecule has 1 aliphatic heterocycles. The standard InChI is InChI=1S/C17H30N4O3/c1-11(2)9-24-14-12(8-19-21(14)3)13(22)20-17-6-4-16(10-17,5-7-17)15(18)23/h8,11-14,20,22H,4-7,9-10H2,1-3H3,(H2,18,23). The van der Waals surface area contributed by atoms with Crippen molar-refractivity contribution in [3.63, 3.8) is 0 Å². The first-order valence-corrected chi connectivity index (χ1v) is 8.91. The zero-order chi connectivity index (χ0) is 17.5. The number of carbonyl (C=O) groups excluding carboxylic acids is 1. The third-order valence-electron chi connectivity index (χ3n) is 5.90. The van der Waals surface area contributed by atoms with E-state index in [9.17, 15) is 9.90 Å². The Labute approximate surface area is 143 Å². The number of ether oxygens (including phenoxy) is 1. The van der Waals surface area contributed by atoms with Crippen LogP contribution < -0.4 is 11.1 Å². The Morgan fingerprint density at radius 1 is 1.46 bits per heavy atom. The van der Waals surface area contributed by atoms with Crippen LogP contribution in [0.3, 0.4) is 0 Å². The molecule has 3 atom stereocenters. The Morgan fingerprint density at radius 2 is 2.12 bits per heavy atom. The lowest BCUT2D eigenvalue weighted by Gasteiger charge is -2.35. The Morgan fingerprint density at radius 3 is 2.67 bits per heavy atom. The van der Waals surface area contributed by atoms with Gasteiger partial charge in [-0.3, -0.25) is 15.1 Å². The first-order valence-electron chi connectivity index (χ1n) is 8.91. The summed E-state index contributed by atoms with van der Waals surface area (Å²) in [7, 11) is 1.86. The molecule has 3 rings (SSSR count). The minimum atomic E-state index is -0.752. The maximum absolute atomic E-state index is 11.8. The van der Waals surface area contributed by atoms with Crippen LogP contribution in [0.15, 0.2) is 5.10 Å². The molecule has 1 heterocycles. The van der Waals surface area contributed by atoms with Gasteiger partial charge in [-0.05, 0) is 38.0 Å². The highest BCUT2D eigenvalue weighted by Gasteiger charge is 2.58. The van der Waals surface area contributed by atoms with Crippen molar-refractivity contribution < 1.29 is 14.6 Å². The molecule has 0 saturated heterocycles. The maximum atomic E-state index is 11.8. The van der Waals surface area contributed by atoms with Crippen LogP contribution in [0.1, 0.15) is 46.0 Å². The van der Waals surface area contributed by atoms with Crippen molar-refractivity contribution in [1.82, 2.24) is 10.3 Å². The molecule has 3 unspecified atom stereocenters. The molecule has 2 fully saturated rings. The van der Waals surface area contributed by atoms with Crippen molar-refractivity contribution in [1.29, 1.82) is 0 Å². The first kappa shape index (κ1) is 17.6. The van der Waals surface area contributed by atoms with Crippen LogP contribution in [0.4, 0.5) is 0 Å². The predicted molar refractivity (Wildman–Crippen MR) is 90.9 cm³/mol. The van der Waals surface area contributed by atoms with E-state index < -0.39 is 6.23 Å². The van der Waals surface area contributed by atoms with Crippen molar-refractivity contribution in [2.75, 3.05) is 13.7 Å². The van der Waals surface area contributed by atoms with Crippen LogP contribution in [0, 0.1) is 17.3 Å². The van der Waals surface area contributed by atoms with Crippen LogP contribution in [-0.4, -0.2) is 53.9 Å². The molecule has 4 N–H and O–H groups in total. The molecule has 1 amide bonds. The summed E-state index contributed by atoms with van der Waals surface area (Å²) in [5.74, 6) is -0.00466. The number of aliphatic hydroxyl groups is 1. The van der Waals surface area contributed by atoms with E-state index in [4.69, 9.17) is 10.5 Å². The topological polar surface area (TPSA) is 100 Å². The van der Waals surface area contributed by atoms with Gasteiger partial charge >= 0.3 is 0 Å². The third kappa shape index (κ3) is 3.05. The van der Waals surface area contributed by atoms with Crippen molar-refractivity contribution >= 4 is 12.1 Å². The van der Waals surface area contributed by atoms with E-state index >= 15 is 0 Å². The molecule has 7 heteroatoms. The number of aliphatic hydroxyl groups excluding tert-OH is 1. The van der Waals surface area contributed by atoms with E-state index in [1.807, 2.05) is 7.05 Å². The molecule has 2 aliphatic carbocycles. The first-order chi connectivity index (χ1) is 11.3. The van der Waals surface area contributed by atoms with Crippen LogP contribution in [0.5, 0.6) is 0 Å². The van der Waals surface area contributed by atoms with E-state index in [1.165, 1.54) is 0 Å². The summed E-state index contributed by atoms with van der Waals surface area (Å²) in [6.45, 7) is 4.81. The van der Waals surface area contributed by atoms with Gasteiger partial charge in [0.2, 0.25) is 5.91 Å². The normalized spacial score (nSPS) is 39.1. The molecular formula is C17H30N4O3. The zero-order valence-corrected chi connectivity index (χ0v) is 14.9. The van der Waals surface area contributed by atoms with Gasteiger partial charge in [-0.15, -0.1) is 0 Å². The van der Waals surface area contributed by atoms with Crippen molar-refractivity contribution in [3.8, 4) is 0 Å². The number of hydrazone groups is 1. The molecule has 3 aliphatic rings. The SMILES string of the molecule is CC(C)COC1C(C(O)NC23CCC(C(N)=O)(CC2)C3)C=NN1C. The summed E-state index contributed by atoms with van der Waals surface area (Å²) < 4.78 is 5.94. The van der Waals surface area contributed by atoms with Crippen molar-refractivity contribution in [2.24, 2.45) is 28.1 Å². The predicted octanol–water partition coefficient (Wildman–Crippen LogP) is 0.629. The van der Waals surface area contributed by atoms with Crippen molar-refractivity contribution in [2.45, 2.75) is 63.9 Å². The average molecular weight is 338 g/mol. The number of hydrogen-bond acceptors (Lipinski definition) is 6. The molecular weight excluding hydrogens is 308 g/mol. The third-order valence-corrected chi connectivity index (χ3v) is 5.90. The van der Waals surface area contributed by atoms with Gasteiger partial charge in [0.1, 0.15) is 6.23 Å². The van der Waals surface area contributed by atoms with Gasteiger partial charge in [0, 0.05) is 18.8 Å². The van der Waals surface area contributed by atoms with Gasteiger partial charge in [-0.25, -0.2) is 0 Å². The van der Waals surface area contributed by atoms with Gasteiger partial charge in [-0.2, -0.15) is 5.10 Å². The molecule has 7 nitrogen and oxygen atoms in total. The number of primary amides is 1. The molecule has 0 aromatic rings. The Bertz CT molecular complexity index is 514. The highest BCUT2D eigenvalue weighted by molar-refractivity contribution is 5.82. The Kier molecular flexibility index (Phi) is 4.61. The molecule has 0 spiro atoms. The fourth-order valence-electron chi connectivity index (χ4n) is 4.47. The molecule has 0 radical (unpaired) electrons. The summed E-state index contributed by atoms with van der Waals surface area (Å²) in [5, 5.41) is 20.2. The lowest BCUT2D eigenvalue weighted by atomic mass is 9.83. The number of nitrogens with zero attached hydrogens (tertiary/aromatic N) is 2. The smallest absolute Gasteiger partial charge is 0.223 e. The number of hydrogen-bond donors (Lipinski definition) is 3. The number of fused-ring (bicyclic) bond motifs is 2. The van der Waals surface area contributed by atoms with Gasteiger partial charge in [0.05, 0.1) is 17.9 Å². The largest absolute Gasteiger partial charge is 0.378 e. The fraction of sp³-hybridized carbons (Fsp3) is 0.882. The van der Waals surface area contributed by atoms with E-state index in [0.717, 1.165) is 32.1 Å². The minimum absolute atomic E-state index is 0.188. The van der Waals surface area contributed by atoms with Gasteiger partial charge < -0.3 is 15.6 Å². The molecule has 2 saturated carbocycles. The van der Waals surface area contributed by atoms with Gasteiger partial charge in [0.25, 0.3) is 0 Å². The second kappa shape index (κ2) is 6.28. The van der Waals surface area contributed by atoms with Crippen LogP contribution >= 0.6 is 0 Å². The van der Waals surface area contributed by atoms with Crippen LogP contribution in [-0.2, 0) is 9.53 Å². The highest BCUT2D eigenvalue weighted by atomic mass is 16.5. The molecule has 136 valence electrons. The second-order valence-corrected chi connectivity index (χ2v) is 8.22. The minimum Gasteiger partial charge on any atom is -0.378 e. The summed E-state index contributed by atoms with van der Waals surface area (Å²) in [5.41, 5.74) is 5.05. The molecule has 24 heavy (non-hydrogen) atoms. The maximum Gasteiger partial charge on any atom is 0.223 e. The van der Waals surface area contributed by atoms with E-state index in [1.54, 1.807) is 11.2 Å². The number of amides is 1. The quantitative estimate of drug-likeness (QED) is 0.591. The van der Waals surface area contributed by atoms with E-state index in [0.29, 0.717) is 12.5 Å². The summed E-state index contributed by atoms with van der Waals surface area (Å²) in [6.07, 6.45) is 4.84. The monoisotopic (exact) mass is 338 g/mol. The van der Waals surface area contributed by atoms with E-state index in [2.05, 4.69) is 24.3 Å². The molecule has 0 aromatic heterocycles. The summed E-state index contributed by atoms with van der Waals surface area (Å²) in [6, 6.07) is 0. The van der Waals surface area contributed by atoms with Crippen LogP contribution in [0.25, 0.3) is 0 Å². The molecule has 0 aromatic carbocycles. The van der Waals surface area contributed by atoms with Crippen molar-refractivity contribution in [3.05, 3.63) is 0 Å². The van der Waals surface area contributed by atoms with Crippen LogP contribution in [0.2, 0.25) is 0 Å².